The van der Waals surface area contributed by atoms with Crippen molar-refractivity contribution in [3.05, 3.63) is 47.2 Å². The van der Waals surface area contributed by atoms with Gasteiger partial charge in [0.15, 0.2) is 0 Å². The van der Waals surface area contributed by atoms with Gasteiger partial charge in [0.25, 0.3) is 0 Å². The van der Waals surface area contributed by atoms with Crippen molar-refractivity contribution in [2.75, 3.05) is 58.3 Å². The second kappa shape index (κ2) is 10.8. The van der Waals surface area contributed by atoms with E-state index in [1.165, 1.54) is 24.0 Å². The number of ether oxygens (including phenoxy) is 1. The summed E-state index contributed by atoms with van der Waals surface area (Å²) in [6.45, 7) is 12.4. The third-order valence-electron chi connectivity index (χ3n) is 8.23. The highest BCUT2D eigenvalue weighted by Crippen LogP contribution is 2.31. The summed E-state index contributed by atoms with van der Waals surface area (Å²) in [5, 5.41) is 0. The number of likely N-dealkylation sites (tertiary alicyclic amines) is 1. The van der Waals surface area contributed by atoms with Gasteiger partial charge in [0.1, 0.15) is 12.4 Å². The molecule has 4 heterocycles. The van der Waals surface area contributed by atoms with E-state index in [1.54, 1.807) is 0 Å². The van der Waals surface area contributed by atoms with Gasteiger partial charge in [-0.1, -0.05) is 37.3 Å². The van der Waals surface area contributed by atoms with Crippen LogP contribution in [0, 0.1) is 5.92 Å². The Labute approximate surface area is 211 Å². The number of rotatable bonds is 6. The van der Waals surface area contributed by atoms with Gasteiger partial charge in [-0.05, 0) is 58.3 Å². The van der Waals surface area contributed by atoms with Crippen molar-refractivity contribution in [1.82, 2.24) is 24.7 Å². The molecular formula is C28H42N6O. The van der Waals surface area contributed by atoms with Gasteiger partial charge in [0.2, 0.25) is 0 Å². The van der Waals surface area contributed by atoms with E-state index in [0.717, 1.165) is 63.7 Å². The van der Waals surface area contributed by atoms with E-state index in [2.05, 4.69) is 77.9 Å². The number of nitrogens with zero attached hydrogens (tertiary/aromatic N) is 6. The third kappa shape index (κ3) is 5.63. The molecule has 0 bridgehead atoms. The maximum Gasteiger partial charge on any atom is 0.318 e. The van der Waals surface area contributed by atoms with Gasteiger partial charge in [-0.3, -0.25) is 9.80 Å². The zero-order valence-corrected chi connectivity index (χ0v) is 22.0. The van der Waals surface area contributed by atoms with Crippen molar-refractivity contribution < 1.29 is 4.74 Å². The Morgan fingerprint density at radius 2 is 1.83 bits per heavy atom. The Morgan fingerprint density at radius 3 is 2.60 bits per heavy atom. The number of hydrogen-bond acceptors (Lipinski definition) is 7. The largest absolute Gasteiger partial charge is 0.462 e. The quantitative estimate of drug-likeness (QED) is 0.631. The summed E-state index contributed by atoms with van der Waals surface area (Å²) in [5.74, 6) is 1.74. The van der Waals surface area contributed by atoms with Crippen LogP contribution in [0.4, 0.5) is 5.82 Å². The maximum atomic E-state index is 6.37. The minimum atomic E-state index is 0.420. The fourth-order valence-electron chi connectivity index (χ4n) is 6.08. The molecule has 190 valence electrons. The van der Waals surface area contributed by atoms with Crippen LogP contribution >= 0.6 is 0 Å². The smallest absolute Gasteiger partial charge is 0.318 e. The van der Waals surface area contributed by atoms with Crippen molar-refractivity contribution in [3.63, 3.8) is 0 Å². The highest BCUT2D eigenvalue weighted by Gasteiger charge is 2.31. The van der Waals surface area contributed by atoms with E-state index in [0.29, 0.717) is 30.6 Å². The highest BCUT2D eigenvalue weighted by atomic mass is 16.5. The van der Waals surface area contributed by atoms with Gasteiger partial charge in [0.05, 0.1) is 5.69 Å². The lowest BCUT2D eigenvalue weighted by Crippen LogP contribution is -2.51. The first kappa shape index (κ1) is 24.5. The van der Waals surface area contributed by atoms with Crippen molar-refractivity contribution in [3.8, 4) is 6.01 Å². The first-order valence-corrected chi connectivity index (χ1v) is 13.4. The normalized spacial score (nSPS) is 26.5. The van der Waals surface area contributed by atoms with Crippen LogP contribution in [0.15, 0.2) is 30.3 Å². The summed E-state index contributed by atoms with van der Waals surface area (Å²) in [6, 6.07) is 12.1. The van der Waals surface area contributed by atoms with E-state index in [1.807, 2.05) is 0 Å². The Hall–Kier alpha value is -2.22. The van der Waals surface area contributed by atoms with E-state index < -0.39 is 0 Å². The number of anilines is 1. The molecular weight excluding hydrogens is 436 g/mol. The van der Waals surface area contributed by atoms with Gasteiger partial charge >= 0.3 is 6.01 Å². The average molecular weight is 479 g/mol. The lowest BCUT2D eigenvalue weighted by atomic mass is 9.92. The molecule has 0 aliphatic carbocycles. The van der Waals surface area contributed by atoms with Crippen molar-refractivity contribution >= 4 is 5.82 Å². The average Bonchev–Trinajstić information content (AvgIpc) is 2.84. The van der Waals surface area contributed by atoms with Crippen LogP contribution in [0.5, 0.6) is 6.01 Å². The van der Waals surface area contributed by atoms with Crippen LogP contribution in [-0.4, -0.2) is 90.2 Å². The number of hydrogen-bond donors (Lipinski definition) is 0. The molecule has 2 saturated heterocycles. The number of benzene rings is 1. The molecule has 0 saturated carbocycles. The molecule has 2 fully saturated rings. The molecule has 3 aliphatic heterocycles. The minimum absolute atomic E-state index is 0.420. The maximum absolute atomic E-state index is 6.37. The second-order valence-corrected chi connectivity index (χ2v) is 11.0. The second-order valence-electron chi connectivity index (χ2n) is 11.0. The zero-order chi connectivity index (χ0) is 24.4. The molecule has 2 aromatic rings. The Kier molecular flexibility index (Phi) is 7.56. The summed E-state index contributed by atoms with van der Waals surface area (Å²) in [4.78, 5) is 19.9. The van der Waals surface area contributed by atoms with E-state index in [9.17, 15) is 0 Å². The van der Waals surface area contributed by atoms with Crippen LogP contribution in [-0.2, 0) is 19.5 Å². The van der Waals surface area contributed by atoms with Crippen molar-refractivity contribution in [1.29, 1.82) is 0 Å². The van der Waals surface area contributed by atoms with E-state index in [-0.39, 0.29) is 0 Å². The molecule has 1 aromatic carbocycles. The van der Waals surface area contributed by atoms with Crippen LogP contribution in [0.25, 0.3) is 0 Å². The molecule has 1 aromatic heterocycles. The van der Waals surface area contributed by atoms with Gasteiger partial charge in [-0.15, -0.1) is 0 Å². The molecule has 5 rings (SSSR count). The van der Waals surface area contributed by atoms with Crippen molar-refractivity contribution in [2.24, 2.45) is 5.92 Å². The first-order valence-electron chi connectivity index (χ1n) is 13.4. The molecule has 3 aliphatic rings. The van der Waals surface area contributed by atoms with Gasteiger partial charge in [-0.25, -0.2) is 0 Å². The molecule has 0 amide bonds. The Morgan fingerprint density at radius 1 is 1.00 bits per heavy atom. The predicted octanol–water partition coefficient (Wildman–Crippen LogP) is 3.28. The van der Waals surface area contributed by atoms with Crippen LogP contribution in [0.2, 0.25) is 0 Å². The zero-order valence-electron chi connectivity index (χ0n) is 22.0. The van der Waals surface area contributed by atoms with Gasteiger partial charge < -0.3 is 14.5 Å². The van der Waals surface area contributed by atoms with E-state index >= 15 is 0 Å². The third-order valence-corrected chi connectivity index (χ3v) is 8.23. The van der Waals surface area contributed by atoms with Gasteiger partial charge in [0, 0.05) is 56.9 Å². The molecule has 7 nitrogen and oxygen atoms in total. The number of fused-ring (bicyclic) bond motifs is 1. The fraction of sp³-hybridized carbons (Fsp3) is 0.643. The molecule has 35 heavy (non-hydrogen) atoms. The molecule has 0 radical (unpaired) electrons. The standard InChI is InChI=1S/C28H42N6O/c1-21-9-8-13-32(4)26(21)20-35-28-29-25-19-33(18-23-10-6-5-7-11-23)14-12-24(25)27(30-28)34-16-15-31(3)17-22(34)2/h5-7,10-11,21-22,26H,8-9,12-20H2,1-4H3/t21?,22-,26?/m1/s1. The van der Waals surface area contributed by atoms with Crippen LogP contribution in [0.1, 0.15) is 43.5 Å². The predicted molar refractivity (Wildman–Crippen MR) is 141 cm³/mol. The van der Waals surface area contributed by atoms with Gasteiger partial charge in [-0.2, -0.15) is 9.97 Å². The lowest BCUT2D eigenvalue weighted by Gasteiger charge is -2.41. The van der Waals surface area contributed by atoms with Crippen LogP contribution < -0.4 is 9.64 Å². The summed E-state index contributed by atoms with van der Waals surface area (Å²) in [6.07, 6.45) is 3.52. The number of aromatic nitrogens is 2. The highest BCUT2D eigenvalue weighted by molar-refractivity contribution is 5.52. The SMILES string of the molecule is CC1CCCN(C)C1COc1nc2c(c(N3CCN(C)C[C@H]3C)n1)CCN(Cc1ccccc1)C2. The topological polar surface area (TPSA) is 48.0 Å². The summed E-state index contributed by atoms with van der Waals surface area (Å²) in [7, 11) is 4.43. The summed E-state index contributed by atoms with van der Waals surface area (Å²) < 4.78 is 6.37. The molecule has 2 unspecified atom stereocenters. The number of piperidine rings is 1. The van der Waals surface area contributed by atoms with E-state index in [4.69, 9.17) is 14.7 Å². The number of likely N-dealkylation sites (N-methyl/N-ethyl adjacent to an activating group) is 2. The number of piperazine rings is 1. The lowest BCUT2D eigenvalue weighted by molar-refractivity contribution is 0.0789. The Bertz CT molecular complexity index is 975. The molecule has 7 heteroatoms. The summed E-state index contributed by atoms with van der Waals surface area (Å²) in [5.41, 5.74) is 3.81. The molecule has 3 atom stereocenters. The van der Waals surface area contributed by atoms with Crippen molar-refractivity contribution in [2.45, 2.75) is 58.3 Å². The minimum Gasteiger partial charge on any atom is -0.462 e. The van der Waals surface area contributed by atoms with Crippen LogP contribution in [0.3, 0.4) is 0 Å². The summed E-state index contributed by atoms with van der Waals surface area (Å²) >= 11 is 0. The fourth-order valence-corrected chi connectivity index (χ4v) is 6.08. The molecule has 0 N–H and O–H groups in total. The Balaban J connectivity index is 1.39. The monoisotopic (exact) mass is 478 g/mol. The molecule has 0 spiro atoms. The first-order chi connectivity index (χ1) is 17.0.